The van der Waals surface area contributed by atoms with Crippen molar-refractivity contribution in [2.75, 3.05) is 32.9 Å². The summed E-state index contributed by atoms with van der Waals surface area (Å²) in [6.07, 6.45) is 0. The van der Waals surface area contributed by atoms with Gasteiger partial charge in [-0.2, -0.15) is 0 Å². The van der Waals surface area contributed by atoms with E-state index in [1.54, 1.807) is 0 Å². The van der Waals surface area contributed by atoms with E-state index in [2.05, 4.69) is 59.9 Å². The minimum absolute atomic E-state index is 0.475. The van der Waals surface area contributed by atoms with Crippen LogP contribution >= 0.6 is 11.6 Å². The van der Waals surface area contributed by atoms with Crippen molar-refractivity contribution in [3.05, 3.63) is 89.4 Å². The molecule has 1 N–H and O–H groups in total. The molecule has 4 aromatic rings. The molecular formula is C29H27ClN2O2. The molecule has 1 aliphatic heterocycles. The normalized spacial score (nSPS) is 13.1. The SMILES string of the molecule is CCOCCOc1c(C2=NCCN2)cc2ccccc2c1-c1ccc(-c2ccc(Cl)cc2)cc1. The summed E-state index contributed by atoms with van der Waals surface area (Å²) in [7, 11) is 0. The molecule has 0 saturated carbocycles. The van der Waals surface area contributed by atoms with Crippen LogP contribution in [0.3, 0.4) is 0 Å². The predicted octanol–water partition coefficient (Wildman–Crippen LogP) is 6.59. The van der Waals surface area contributed by atoms with E-state index >= 15 is 0 Å². The first kappa shape index (κ1) is 22.5. The van der Waals surface area contributed by atoms with Crippen LogP contribution in [0.15, 0.2) is 83.9 Å². The van der Waals surface area contributed by atoms with Gasteiger partial charge in [-0.3, -0.25) is 4.99 Å². The summed E-state index contributed by atoms with van der Waals surface area (Å²) in [6, 6.07) is 27.1. The third-order valence-electron chi connectivity index (χ3n) is 5.96. The van der Waals surface area contributed by atoms with E-state index in [-0.39, 0.29) is 0 Å². The van der Waals surface area contributed by atoms with Crippen LogP contribution in [0, 0.1) is 0 Å². The number of ether oxygens (including phenoxy) is 2. The minimum Gasteiger partial charge on any atom is -0.490 e. The zero-order chi connectivity index (χ0) is 23.3. The molecule has 0 unspecified atom stereocenters. The lowest BCUT2D eigenvalue weighted by Crippen LogP contribution is -2.21. The zero-order valence-corrected chi connectivity index (χ0v) is 19.9. The summed E-state index contributed by atoms with van der Waals surface area (Å²) in [4.78, 5) is 4.70. The topological polar surface area (TPSA) is 42.9 Å². The Bertz CT molecular complexity index is 1310. The number of nitrogens with one attached hydrogen (secondary N) is 1. The number of hydrogen-bond acceptors (Lipinski definition) is 4. The van der Waals surface area contributed by atoms with Crippen LogP contribution in [0.25, 0.3) is 33.0 Å². The molecule has 0 saturated heterocycles. The molecule has 0 amide bonds. The van der Waals surface area contributed by atoms with Crippen LogP contribution in [0.4, 0.5) is 0 Å². The van der Waals surface area contributed by atoms with Gasteiger partial charge in [-0.1, -0.05) is 72.3 Å². The molecule has 5 rings (SSSR count). The van der Waals surface area contributed by atoms with Crippen molar-refractivity contribution in [2.24, 2.45) is 4.99 Å². The van der Waals surface area contributed by atoms with Gasteiger partial charge >= 0.3 is 0 Å². The highest BCUT2D eigenvalue weighted by molar-refractivity contribution is 6.30. The van der Waals surface area contributed by atoms with Crippen LogP contribution in [0.2, 0.25) is 5.02 Å². The molecule has 0 aliphatic carbocycles. The first-order chi connectivity index (χ1) is 16.7. The van der Waals surface area contributed by atoms with E-state index in [9.17, 15) is 0 Å². The van der Waals surface area contributed by atoms with Crippen LogP contribution in [0.1, 0.15) is 12.5 Å². The largest absolute Gasteiger partial charge is 0.490 e. The maximum Gasteiger partial charge on any atom is 0.138 e. The Morgan fingerprint density at radius 2 is 1.59 bits per heavy atom. The van der Waals surface area contributed by atoms with Gasteiger partial charge in [0.1, 0.15) is 18.2 Å². The third-order valence-corrected chi connectivity index (χ3v) is 6.21. The summed E-state index contributed by atoms with van der Waals surface area (Å²) < 4.78 is 12.0. The lowest BCUT2D eigenvalue weighted by molar-refractivity contribution is 0.110. The zero-order valence-electron chi connectivity index (χ0n) is 19.2. The molecule has 5 heteroatoms. The van der Waals surface area contributed by atoms with Crippen LogP contribution in [-0.4, -0.2) is 38.7 Å². The second-order valence-electron chi connectivity index (χ2n) is 8.14. The highest BCUT2D eigenvalue weighted by Gasteiger charge is 2.21. The van der Waals surface area contributed by atoms with E-state index < -0.39 is 0 Å². The smallest absolute Gasteiger partial charge is 0.138 e. The summed E-state index contributed by atoms with van der Waals surface area (Å²) in [6.45, 7) is 5.28. The highest BCUT2D eigenvalue weighted by atomic mass is 35.5. The molecular weight excluding hydrogens is 444 g/mol. The van der Waals surface area contributed by atoms with Gasteiger partial charge < -0.3 is 14.8 Å². The Kier molecular flexibility index (Phi) is 6.79. The number of rotatable bonds is 8. The predicted molar refractivity (Wildman–Crippen MR) is 141 cm³/mol. The molecule has 1 aliphatic rings. The number of hydrogen-bond donors (Lipinski definition) is 1. The van der Waals surface area contributed by atoms with E-state index in [0.29, 0.717) is 19.8 Å². The van der Waals surface area contributed by atoms with Gasteiger partial charge in [0.15, 0.2) is 0 Å². The van der Waals surface area contributed by atoms with Crippen molar-refractivity contribution >= 4 is 28.2 Å². The second-order valence-corrected chi connectivity index (χ2v) is 8.57. The summed E-state index contributed by atoms with van der Waals surface area (Å²) in [5.74, 6) is 1.72. The number of aliphatic imine (C=N–C) groups is 1. The summed E-state index contributed by atoms with van der Waals surface area (Å²) in [5, 5.41) is 6.46. The quantitative estimate of drug-likeness (QED) is 0.295. The van der Waals surface area contributed by atoms with Gasteiger partial charge in [0.25, 0.3) is 0 Å². The van der Waals surface area contributed by atoms with Gasteiger partial charge in [0, 0.05) is 23.7 Å². The second kappa shape index (κ2) is 10.3. The fourth-order valence-corrected chi connectivity index (χ4v) is 4.46. The molecule has 172 valence electrons. The van der Waals surface area contributed by atoms with E-state index in [4.69, 9.17) is 26.1 Å². The van der Waals surface area contributed by atoms with E-state index in [1.165, 1.54) is 0 Å². The Labute approximate surface area is 205 Å². The van der Waals surface area contributed by atoms with E-state index in [0.717, 1.165) is 68.3 Å². The maximum atomic E-state index is 6.41. The van der Waals surface area contributed by atoms with Crippen molar-refractivity contribution in [3.63, 3.8) is 0 Å². The lowest BCUT2D eigenvalue weighted by atomic mass is 9.92. The Morgan fingerprint density at radius 1 is 0.882 bits per heavy atom. The van der Waals surface area contributed by atoms with Gasteiger partial charge in [0.2, 0.25) is 0 Å². The number of benzene rings is 4. The molecule has 0 aromatic heterocycles. The Balaban J connectivity index is 1.64. The van der Waals surface area contributed by atoms with Gasteiger partial charge in [0.05, 0.1) is 18.7 Å². The van der Waals surface area contributed by atoms with Crippen LogP contribution in [0.5, 0.6) is 5.75 Å². The number of amidine groups is 1. The molecule has 0 bridgehead atoms. The molecule has 1 heterocycles. The van der Waals surface area contributed by atoms with Crippen LogP contribution in [-0.2, 0) is 4.74 Å². The van der Waals surface area contributed by atoms with Gasteiger partial charge in [-0.15, -0.1) is 0 Å². The molecule has 0 radical (unpaired) electrons. The molecule has 0 spiro atoms. The van der Waals surface area contributed by atoms with Crippen molar-refractivity contribution < 1.29 is 9.47 Å². The Morgan fingerprint density at radius 3 is 2.29 bits per heavy atom. The number of fused-ring (bicyclic) bond motifs is 1. The van der Waals surface area contributed by atoms with Crippen LogP contribution < -0.4 is 10.1 Å². The fourth-order valence-electron chi connectivity index (χ4n) is 4.34. The highest BCUT2D eigenvalue weighted by Crippen LogP contribution is 2.41. The van der Waals surface area contributed by atoms with Gasteiger partial charge in [-0.25, -0.2) is 0 Å². The number of nitrogens with zero attached hydrogens (tertiary/aromatic N) is 1. The van der Waals surface area contributed by atoms with Crippen molar-refractivity contribution in [1.82, 2.24) is 5.32 Å². The standard InChI is InChI=1S/C29H27ClN2O2/c1-2-33-17-18-34-28-26(29-31-15-16-32-29)19-23-5-3-4-6-25(23)27(28)22-9-7-20(8-10-22)21-11-13-24(30)14-12-21/h3-14,19H,2,15-18H2,1H3,(H,31,32). The number of halogens is 1. The average molecular weight is 471 g/mol. The summed E-state index contributed by atoms with van der Waals surface area (Å²) in [5.41, 5.74) is 5.43. The molecule has 34 heavy (non-hydrogen) atoms. The molecule has 4 aromatic carbocycles. The lowest BCUT2D eigenvalue weighted by Gasteiger charge is -2.19. The average Bonchev–Trinajstić information content (AvgIpc) is 3.41. The van der Waals surface area contributed by atoms with Crippen molar-refractivity contribution in [2.45, 2.75) is 6.92 Å². The molecule has 4 nitrogen and oxygen atoms in total. The first-order valence-corrected chi connectivity index (χ1v) is 12.0. The molecule has 0 fully saturated rings. The van der Waals surface area contributed by atoms with Crippen molar-refractivity contribution in [1.29, 1.82) is 0 Å². The monoisotopic (exact) mass is 470 g/mol. The fraction of sp³-hybridized carbons (Fsp3) is 0.207. The third kappa shape index (κ3) is 4.65. The maximum absolute atomic E-state index is 6.41. The van der Waals surface area contributed by atoms with Crippen molar-refractivity contribution in [3.8, 4) is 28.0 Å². The minimum atomic E-state index is 0.475. The van der Waals surface area contributed by atoms with Gasteiger partial charge in [-0.05, 0) is 52.6 Å². The molecule has 0 atom stereocenters. The Hall–Kier alpha value is -3.34. The summed E-state index contributed by atoms with van der Waals surface area (Å²) >= 11 is 6.07. The first-order valence-electron chi connectivity index (χ1n) is 11.7. The van der Waals surface area contributed by atoms with E-state index in [1.807, 2.05) is 31.2 Å².